The van der Waals surface area contributed by atoms with Crippen molar-refractivity contribution in [3.63, 3.8) is 0 Å². The Labute approximate surface area is 117 Å². The maximum Gasteiger partial charge on any atom is 0.254 e. The second-order valence-electron chi connectivity index (χ2n) is 4.87. The zero-order valence-electron chi connectivity index (χ0n) is 11.6. The van der Waals surface area contributed by atoms with Crippen molar-refractivity contribution in [1.29, 1.82) is 0 Å². The molecule has 0 bridgehead atoms. The Bertz CT molecular complexity index is 829. The second-order valence-corrected chi connectivity index (χ2v) is 4.87. The van der Waals surface area contributed by atoms with Gasteiger partial charge in [0.1, 0.15) is 5.82 Å². The lowest BCUT2D eigenvalue weighted by Gasteiger charge is -2.08. The van der Waals surface area contributed by atoms with Crippen LogP contribution in [0.3, 0.4) is 0 Å². The van der Waals surface area contributed by atoms with Crippen LogP contribution < -0.4 is 5.56 Å². The van der Waals surface area contributed by atoms with E-state index in [-0.39, 0.29) is 5.56 Å². The summed E-state index contributed by atoms with van der Waals surface area (Å²) >= 11 is 0. The Hall–Kier alpha value is -2.42. The fourth-order valence-corrected chi connectivity index (χ4v) is 2.48. The van der Waals surface area contributed by atoms with Gasteiger partial charge in [0, 0.05) is 11.1 Å². The molecule has 0 aliphatic heterocycles. The van der Waals surface area contributed by atoms with E-state index in [0.717, 1.165) is 28.5 Å². The van der Waals surface area contributed by atoms with Crippen LogP contribution in [0.1, 0.15) is 18.2 Å². The molecule has 1 heterocycles. The van der Waals surface area contributed by atoms with Crippen LogP contribution in [0.5, 0.6) is 0 Å². The predicted molar refractivity (Wildman–Crippen MR) is 81.9 cm³/mol. The van der Waals surface area contributed by atoms with Crippen molar-refractivity contribution in [3.05, 3.63) is 64.1 Å². The highest BCUT2D eigenvalue weighted by molar-refractivity contribution is 5.94. The molecule has 100 valence electrons. The van der Waals surface area contributed by atoms with Gasteiger partial charge in [0.25, 0.3) is 5.56 Å². The summed E-state index contributed by atoms with van der Waals surface area (Å²) in [5.74, 6) is 0.647. The molecule has 2 aromatic carbocycles. The average molecular weight is 264 g/mol. The maximum atomic E-state index is 12.0. The van der Waals surface area contributed by atoms with Gasteiger partial charge in [0.15, 0.2) is 0 Å². The van der Waals surface area contributed by atoms with Crippen molar-refractivity contribution in [1.82, 2.24) is 9.97 Å². The number of benzene rings is 2. The number of nitrogens with one attached hydrogen (secondary N) is 1. The van der Waals surface area contributed by atoms with Crippen LogP contribution >= 0.6 is 0 Å². The van der Waals surface area contributed by atoms with E-state index in [1.165, 1.54) is 0 Å². The number of hydrogen-bond acceptors (Lipinski definition) is 2. The van der Waals surface area contributed by atoms with E-state index in [4.69, 9.17) is 0 Å². The third kappa shape index (κ3) is 2.01. The van der Waals surface area contributed by atoms with Gasteiger partial charge in [-0.25, -0.2) is 4.98 Å². The van der Waals surface area contributed by atoms with E-state index in [9.17, 15) is 4.79 Å². The molecule has 1 aromatic heterocycles. The summed E-state index contributed by atoms with van der Waals surface area (Å²) in [6.45, 7) is 3.83. The van der Waals surface area contributed by atoms with Gasteiger partial charge in [-0.3, -0.25) is 4.79 Å². The van der Waals surface area contributed by atoms with Gasteiger partial charge in [-0.15, -0.1) is 0 Å². The fourth-order valence-electron chi connectivity index (χ4n) is 2.48. The molecule has 3 aromatic rings. The van der Waals surface area contributed by atoms with Crippen molar-refractivity contribution in [2.75, 3.05) is 0 Å². The van der Waals surface area contributed by atoms with Crippen LogP contribution in [0.2, 0.25) is 0 Å². The van der Waals surface area contributed by atoms with Crippen LogP contribution in [-0.4, -0.2) is 9.97 Å². The Morgan fingerprint density at radius 2 is 1.85 bits per heavy atom. The minimum atomic E-state index is -0.0558. The summed E-state index contributed by atoms with van der Waals surface area (Å²) < 4.78 is 0. The van der Waals surface area contributed by atoms with Crippen LogP contribution in [0, 0.1) is 6.92 Å². The summed E-state index contributed by atoms with van der Waals surface area (Å²) in [6.07, 6.45) is 0.757. The monoisotopic (exact) mass is 264 g/mol. The number of rotatable bonds is 2. The second kappa shape index (κ2) is 4.93. The molecule has 0 atom stereocenters. The lowest BCUT2D eigenvalue weighted by atomic mass is 10.0. The van der Waals surface area contributed by atoms with Crippen LogP contribution in [-0.2, 0) is 6.42 Å². The first-order valence-electron chi connectivity index (χ1n) is 6.78. The molecule has 0 spiro atoms. The zero-order valence-corrected chi connectivity index (χ0v) is 11.6. The smallest absolute Gasteiger partial charge is 0.254 e. The first-order valence-corrected chi connectivity index (χ1v) is 6.78. The molecule has 3 rings (SSSR count). The molecule has 0 amide bonds. The van der Waals surface area contributed by atoms with Crippen molar-refractivity contribution in [2.24, 2.45) is 0 Å². The summed E-state index contributed by atoms with van der Waals surface area (Å²) in [5.41, 5.74) is 2.47. The van der Waals surface area contributed by atoms with E-state index >= 15 is 0 Å². The topological polar surface area (TPSA) is 45.8 Å². The van der Waals surface area contributed by atoms with Gasteiger partial charge in [-0.05, 0) is 24.1 Å². The van der Waals surface area contributed by atoms with Crippen molar-refractivity contribution in [2.45, 2.75) is 20.3 Å². The van der Waals surface area contributed by atoms with Crippen LogP contribution in [0.15, 0.2) is 47.3 Å². The molecule has 20 heavy (non-hydrogen) atoms. The van der Waals surface area contributed by atoms with E-state index in [0.29, 0.717) is 11.4 Å². The van der Waals surface area contributed by atoms with Crippen LogP contribution in [0.4, 0.5) is 0 Å². The van der Waals surface area contributed by atoms with E-state index in [1.807, 2.05) is 38.1 Å². The van der Waals surface area contributed by atoms with Gasteiger partial charge in [-0.2, -0.15) is 0 Å². The number of hydrogen-bond donors (Lipinski definition) is 1. The molecule has 0 saturated carbocycles. The average Bonchev–Trinajstić information content (AvgIpc) is 2.49. The lowest BCUT2D eigenvalue weighted by molar-refractivity contribution is 0.956. The number of aromatic nitrogens is 2. The molecule has 1 N–H and O–H groups in total. The first-order chi connectivity index (χ1) is 9.70. The number of H-pyrrole nitrogens is 1. The van der Waals surface area contributed by atoms with Gasteiger partial charge in [0.05, 0.1) is 5.69 Å². The molecule has 3 nitrogen and oxygen atoms in total. The van der Waals surface area contributed by atoms with E-state index < -0.39 is 0 Å². The van der Waals surface area contributed by atoms with Gasteiger partial charge in [0.2, 0.25) is 0 Å². The van der Waals surface area contributed by atoms with Crippen molar-refractivity contribution in [3.8, 4) is 11.4 Å². The highest BCUT2D eigenvalue weighted by Gasteiger charge is 2.09. The number of aryl methyl sites for hydroxylation is 1. The number of fused-ring (bicyclic) bond motifs is 1. The largest absolute Gasteiger partial charge is 0.306 e. The standard InChI is InChI=1S/C17H16N2O/c1-3-15-11(2)17(20)19-16(18-15)14-10-6-8-12-7-4-5-9-13(12)14/h4-10H,3H2,1-2H3,(H,18,19,20). The summed E-state index contributed by atoms with van der Waals surface area (Å²) in [7, 11) is 0. The highest BCUT2D eigenvalue weighted by Crippen LogP contribution is 2.25. The van der Waals surface area contributed by atoms with Gasteiger partial charge in [-0.1, -0.05) is 49.4 Å². The maximum absolute atomic E-state index is 12.0. The van der Waals surface area contributed by atoms with Gasteiger partial charge < -0.3 is 4.98 Å². The summed E-state index contributed by atoms with van der Waals surface area (Å²) in [6, 6.07) is 14.2. The molecule has 0 aliphatic carbocycles. The lowest BCUT2D eigenvalue weighted by Crippen LogP contribution is -2.15. The minimum Gasteiger partial charge on any atom is -0.306 e. The Kier molecular flexibility index (Phi) is 3.11. The summed E-state index contributed by atoms with van der Waals surface area (Å²) in [5, 5.41) is 2.25. The molecule has 0 fully saturated rings. The van der Waals surface area contributed by atoms with Crippen molar-refractivity contribution < 1.29 is 0 Å². The molecule has 0 unspecified atom stereocenters. The van der Waals surface area contributed by atoms with E-state index in [2.05, 4.69) is 28.2 Å². The third-order valence-electron chi connectivity index (χ3n) is 3.63. The molecule has 0 radical (unpaired) electrons. The quantitative estimate of drug-likeness (QED) is 0.770. The molecule has 0 aliphatic rings. The number of aromatic amines is 1. The molecular formula is C17H16N2O. The zero-order chi connectivity index (χ0) is 14.1. The third-order valence-corrected chi connectivity index (χ3v) is 3.63. The Morgan fingerprint density at radius 3 is 2.65 bits per heavy atom. The molecule has 0 saturated heterocycles. The Morgan fingerprint density at radius 1 is 1.10 bits per heavy atom. The normalized spacial score (nSPS) is 10.9. The number of nitrogens with zero attached hydrogens (tertiary/aromatic N) is 1. The minimum absolute atomic E-state index is 0.0558. The SMILES string of the molecule is CCc1nc(-c2cccc3ccccc23)[nH]c(=O)c1C. The van der Waals surface area contributed by atoms with Crippen molar-refractivity contribution >= 4 is 10.8 Å². The van der Waals surface area contributed by atoms with Crippen LogP contribution in [0.25, 0.3) is 22.2 Å². The first kappa shape index (κ1) is 12.6. The highest BCUT2D eigenvalue weighted by atomic mass is 16.1. The van der Waals surface area contributed by atoms with E-state index in [1.54, 1.807) is 0 Å². The molecule has 3 heteroatoms. The van der Waals surface area contributed by atoms with Gasteiger partial charge >= 0.3 is 0 Å². The fraction of sp³-hybridized carbons (Fsp3) is 0.176. The predicted octanol–water partition coefficient (Wildman–Crippen LogP) is 3.46. The Balaban J connectivity index is 2.31. The summed E-state index contributed by atoms with van der Waals surface area (Å²) in [4.78, 5) is 19.5. The molecular weight excluding hydrogens is 248 g/mol.